The maximum absolute atomic E-state index is 12.8. The molecule has 1 saturated carbocycles. The first-order valence-electron chi connectivity index (χ1n) is 14.7. The van der Waals surface area contributed by atoms with Gasteiger partial charge in [0.05, 0.1) is 11.7 Å². The Bertz CT molecular complexity index is 1490. The smallest absolute Gasteiger partial charge is 0.410 e. The van der Waals surface area contributed by atoms with Crippen molar-refractivity contribution in [2.24, 2.45) is 4.99 Å². The zero-order valence-corrected chi connectivity index (χ0v) is 23.6. The summed E-state index contributed by atoms with van der Waals surface area (Å²) in [5, 5.41) is 0. The Balaban J connectivity index is 1.10. The number of fused-ring (bicyclic) bond motifs is 6. The third-order valence-electron chi connectivity index (χ3n) is 9.26. The Labute approximate surface area is 232 Å². The SMILES string of the molecule is Cc1ccc(-c2ccc(-c3ccc4c(c3)CC([C@@H]3CCCN3C(=O)OC(C)(C)C)=N4)cc2)c2c1C1CCC2C1. The third kappa shape index (κ3) is 4.29. The standard InChI is InChI=1S/C35H38N2O2/c1-21-7-15-28(33-26-13-12-25(19-26)32(21)33)23-10-8-22(9-11-23)24-14-16-29-27(18-24)20-30(36-29)31-6-5-17-37(31)34(38)39-35(2,3)4/h7-11,14-16,18,25-26,31H,5-6,12-13,17,19-20H2,1-4H3/t25?,26?,31-/m0/s1. The molecule has 3 atom stereocenters. The van der Waals surface area contributed by atoms with Gasteiger partial charge in [-0.05, 0) is 128 Å². The van der Waals surface area contributed by atoms with Crippen LogP contribution in [0.1, 0.15) is 87.0 Å². The average molecular weight is 519 g/mol. The van der Waals surface area contributed by atoms with E-state index in [1.807, 2.05) is 25.7 Å². The molecule has 2 bridgehead atoms. The highest BCUT2D eigenvalue weighted by Gasteiger charge is 2.39. The van der Waals surface area contributed by atoms with E-state index in [4.69, 9.17) is 9.73 Å². The number of aliphatic imine (C=N–C) groups is 1. The van der Waals surface area contributed by atoms with E-state index in [2.05, 4.69) is 61.5 Å². The topological polar surface area (TPSA) is 41.9 Å². The summed E-state index contributed by atoms with van der Waals surface area (Å²) in [5.41, 5.74) is 12.9. The van der Waals surface area contributed by atoms with E-state index in [0.717, 1.165) is 49.0 Å². The first-order valence-corrected chi connectivity index (χ1v) is 14.7. The molecule has 0 radical (unpaired) electrons. The van der Waals surface area contributed by atoms with Crippen LogP contribution in [0.15, 0.2) is 59.6 Å². The summed E-state index contributed by atoms with van der Waals surface area (Å²) < 4.78 is 5.68. The number of hydrogen-bond donors (Lipinski definition) is 0. The first-order chi connectivity index (χ1) is 18.7. The number of nitrogens with zero attached hydrogens (tertiary/aromatic N) is 2. The molecule has 2 heterocycles. The number of carbonyl (C=O) groups is 1. The number of aryl methyl sites for hydroxylation is 1. The van der Waals surface area contributed by atoms with Gasteiger partial charge in [-0.3, -0.25) is 9.89 Å². The summed E-state index contributed by atoms with van der Waals surface area (Å²) in [6, 6.07) is 20.5. The lowest BCUT2D eigenvalue weighted by Gasteiger charge is -2.28. The van der Waals surface area contributed by atoms with E-state index >= 15 is 0 Å². The Kier molecular flexibility index (Phi) is 5.73. The van der Waals surface area contributed by atoms with E-state index in [1.54, 1.807) is 11.1 Å². The minimum absolute atomic E-state index is 0.0292. The second kappa shape index (κ2) is 9.08. The number of ether oxygens (including phenoxy) is 1. The van der Waals surface area contributed by atoms with Crippen LogP contribution in [0.25, 0.3) is 22.3 Å². The minimum Gasteiger partial charge on any atom is -0.444 e. The molecule has 2 fully saturated rings. The van der Waals surface area contributed by atoms with E-state index in [9.17, 15) is 4.79 Å². The van der Waals surface area contributed by atoms with Gasteiger partial charge in [-0.25, -0.2) is 4.79 Å². The lowest BCUT2D eigenvalue weighted by Crippen LogP contribution is -2.43. The molecular weight excluding hydrogens is 480 g/mol. The maximum atomic E-state index is 12.8. The number of rotatable bonds is 3. The summed E-state index contributed by atoms with van der Waals surface area (Å²) in [6.45, 7) is 8.78. The quantitative estimate of drug-likeness (QED) is 0.348. The molecule has 4 aliphatic rings. The van der Waals surface area contributed by atoms with Gasteiger partial charge in [0.2, 0.25) is 0 Å². The van der Waals surface area contributed by atoms with Gasteiger partial charge in [0.1, 0.15) is 5.60 Å². The molecule has 2 aliphatic carbocycles. The van der Waals surface area contributed by atoms with Crippen LogP contribution in [0.2, 0.25) is 0 Å². The molecule has 1 amide bonds. The van der Waals surface area contributed by atoms with Crippen molar-refractivity contribution in [2.75, 3.05) is 6.54 Å². The van der Waals surface area contributed by atoms with Crippen molar-refractivity contribution in [3.8, 4) is 22.3 Å². The molecule has 3 aromatic rings. The summed E-state index contributed by atoms with van der Waals surface area (Å²) in [7, 11) is 0. The van der Waals surface area contributed by atoms with Gasteiger partial charge in [-0.15, -0.1) is 0 Å². The fourth-order valence-corrected chi connectivity index (χ4v) is 7.58. The van der Waals surface area contributed by atoms with Gasteiger partial charge < -0.3 is 4.74 Å². The van der Waals surface area contributed by atoms with Gasteiger partial charge in [0.25, 0.3) is 0 Å². The van der Waals surface area contributed by atoms with E-state index in [1.165, 1.54) is 52.6 Å². The molecule has 0 N–H and O–H groups in total. The van der Waals surface area contributed by atoms with Crippen LogP contribution in [0.5, 0.6) is 0 Å². The van der Waals surface area contributed by atoms with Gasteiger partial charge in [0.15, 0.2) is 0 Å². The van der Waals surface area contributed by atoms with Crippen molar-refractivity contribution in [2.45, 2.75) is 89.7 Å². The lowest BCUT2D eigenvalue weighted by molar-refractivity contribution is 0.0265. The van der Waals surface area contributed by atoms with E-state index in [-0.39, 0.29) is 12.1 Å². The third-order valence-corrected chi connectivity index (χ3v) is 9.26. The molecule has 2 aliphatic heterocycles. The van der Waals surface area contributed by atoms with Crippen molar-refractivity contribution >= 4 is 17.5 Å². The van der Waals surface area contributed by atoms with Crippen LogP contribution in [0.4, 0.5) is 10.5 Å². The molecular formula is C35H38N2O2. The molecule has 0 spiro atoms. The summed E-state index contributed by atoms with van der Waals surface area (Å²) in [4.78, 5) is 19.7. The molecule has 0 aromatic heterocycles. The first kappa shape index (κ1) is 24.6. The van der Waals surface area contributed by atoms with Crippen molar-refractivity contribution in [3.05, 3.63) is 76.9 Å². The highest BCUT2D eigenvalue weighted by Crippen LogP contribution is 2.56. The average Bonchev–Trinajstić information content (AvgIpc) is 3.71. The maximum Gasteiger partial charge on any atom is 0.410 e. The van der Waals surface area contributed by atoms with Gasteiger partial charge in [-0.1, -0.05) is 42.5 Å². The van der Waals surface area contributed by atoms with Crippen LogP contribution >= 0.6 is 0 Å². The van der Waals surface area contributed by atoms with Crippen molar-refractivity contribution in [1.82, 2.24) is 4.90 Å². The number of benzene rings is 3. The fourth-order valence-electron chi connectivity index (χ4n) is 7.58. The van der Waals surface area contributed by atoms with Gasteiger partial charge in [0, 0.05) is 18.7 Å². The predicted molar refractivity (Wildman–Crippen MR) is 158 cm³/mol. The Morgan fingerprint density at radius 2 is 1.62 bits per heavy atom. The summed E-state index contributed by atoms with van der Waals surface area (Å²) >= 11 is 0. The van der Waals surface area contributed by atoms with Crippen LogP contribution in [-0.4, -0.2) is 34.9 Å². The minimum atomic E-state index is -0.492. The molecule has 4 nitrogen and oxygen atoms in total. The lowest BCUT2D eigenvalue weighted by atomic mass is 9.83. The predicted octanol–water partition coefficient (Wildman–Crippen LogP) is 8.72. The molecule has 200 valence electrons. The molecule has 7 rings (SSSR count). The Morgan fingerprint density at radius 1 is 0.897 bits per heavy atom. The Hall–Kier alpha value is -3.40. The number of likely N-dealkylation sites (tertiary alicyclic amines) is 1. The summed E-state index contributed by atoms with van der Waals surface area (Å²) in [5.74, 6) is 1.53. The molecule has 39 heavy (non-hydrogen) atoms. The Morgan fingerprint density at radius 3 is 2.38 bits per heavy atom. The fraction of sp³-hybridized carbons (Fsp3) is 0.429. The van der Waals surface area contributed by atoms with Gasteiger partial charge >= 0.3 is 6.09 Å². The van der Waals surface area contributed by atoms with Crippen molar-refractivity contribution in [3.63, 3.8) is 0 Å². The van der Waals surface area contributed by atoms with Crippen LogP contribution in [-0.2, 0) is 11.2 Å². The zero-order chi connectivity index (χ0) is 26.9. The molecule has 1 saturated heterocycles. The highest BCUT2D eigenvalue weighted by molar-refractivity contribution is 6.00. The van der Waals surface area contributed by atoms with Gasteiger partial charge in [-0.2, -0.15) is 0 Å². The second-order valence-electron chi connectivity index (χ2n) is 13.0. The van der Waals surface area contributed by atoms with Crippen LogP contribution in [0, 0.1) is 6.92 Å². The van der Waals surface area contributed by atoms with Crippen molar-refractivity contribution < 1.29 is 9.53 Å². The van der Waals surface area contributed by atoms with Crippen LogP contribution < -0.4 is 0 Å². The zero-order valence-electron chi connectivity index (χ0n) is 23.6. The number of amides is 1. The molecule has 3 aromatic carbocycles. The largest absolute Gasteiger partial charge is 0.444 e. The molecule has 2 unspecified atom stereocenters. The monoisotopic (exact) mass is 518 g/mol. The number of carbonyl (C=O) groups excluding carboxylic acids is 1. The normalized spacial score (nSPS) is 23.1. The highest BCUT2D eigenvalue weighted by atomic mass is 16.6. The second-order valence-corrected chi connectivity index (χ2v) is 13.0. The number of hydrogen-bond acceptors (Lipinski definition) is 3. The van der Waals surface area contributed by atoms with E-state index < -0.39 is 5.60 Å². The summed E-state index contributed by atoms with van der Waals surface area (Å²) in [6.07, 6.45) is 6.57. The van der Waals surface area contributed by atoms with E-state index in [0.29, 0.717) is 0 Å². The van der Waals surface area contributed by atoms with Crippen LogP contribution in [0.3, 0.4) is 0 Å². The molecule has 4 heteroatoms. The van der Waals surface area contributed by atoms with Crippen molar-refractivity contribution in [1.29, 1.82) is 0 Å².